The number of benzene rings is 2. The molecule has 140 valence electrons. The van der Waals surface area contributed by atoms with Crippen molar-refractivity contribution < 1.29 is 14.0 Å². The number of hydrogen-bond acceptors (Lipinski definition) is 3. The Bertz CT molecular complexity index is 886. The van der Waals surface area contributed by atoms with E-state index in [9.17, 15) is 14.0 Å². The molecule has 4 rings (SSSR count). The fourth-order valence-corrected chi connectivity index (χ4v) is 4.81. The Labute approximate surface area is 161 Å². The summed E-state index contributed by atoms with van der Waals surface area (Å²) in [5, 5.41) is 5.31. The van der Waals surface area contributed by atoms with E-state index >= 15 is 0 Å². The topological polar surface area (TPSA) is 58.2 Å². The Morgan fingerprint density at radius 1 is 1.19 bits per heavy atom. The average Bonchev–Trinajstić information content (AvgIpc) is 3.13. The van der Waals surface area contributed by atoms with E-state index in [1.807, 2.05) is 12.1 Å². The van der Waals surface area contributed by atoms with Gasteiger partial charge in [-0.15, -0.1) is 11.8 Å². The summed E-state index contributed by atoms with van der Waals surface area (Å²) in [6, 6.07) is 11.9. The van der Waals surface area contributed by atoms with Crippen LogP contribution in [0, 0.1) is 5.82 Å². The first-order valence-electron chi connectivity index (χ1n) is 9.18. The Morgan fingerprint density at radius 3 is 2.81 bits per heavy atom. The van der Waals surface area contributed by atoms with Gasteiger partial charge in [-0.05, 0) is 60.6 Å². The Hall–Kier alpha value is -2.34. The van der Waals surface area contributed by atoms with Crippen molar-refractivity contribution in [3.63, 3.8) is 0 Å². The minimum absolute atomic E-state index is 0.210. The van der Waals surface area contributed by atoms with Gasteiger partial charge < -0.3 is 10.6 Å². The first kappa shape index (κ1) is 18.0. The highest BCUT2D eigenvalue weighted by Crippen LogP contribution is 2.26. The van der Waals surface area contributed by atoms with Gasteiger partial charge in [0.05, 0.1) is 5.25 Å². The van der Waals surface area contributed by atoms with Crippen LogP contribution in [0.3, 0.4) is 0 Å². The molecule has 0 unspecified atom stereocenters. The van der Waals surface area contributed by atoms with Crippen LogP contribution in [-0.2, 0) is 28.9 Å². The number of anilines is 1. The number of amides is 2. The SMILES string of the molecule is O=C(Nc1ccc2c(c1)CCC2)[C@H]1CS[C@H](Cc2ccccc2F)C(=O)N1. The Kier molecular flexibility index (Phi) is 5.16. The van der Waals surface area contributed by atoms with Gasteiger partial charge in [0, 0.05) is 11.4 Å². The highest BCUT2D eigenvalue weighted by molar-refractivity contribution is 8.00. The van der Waals surface area contributed by atoms with Gasteiger partial charge in [0.15, 0.2) is 0 Å². The molecule has 0 bridgehead atoms. The zero-order valence-corrected chi connectivity index (χ0v) is 15.7. The van der Waals surface area contributed by atoms with Crippen LogP contribution in [0.5, 0.6) is 0 Å². The maximum absolute atomic E-state index is 13.8. The molecule has 2 aromatic carbocycles. The van der Waals surface area contributed by atoms with Gasteiger partial charge in [0.1, 0.15) is 11.9 Å². The van der Waals surface area contributed by atoms with Crippen molar-refractivity contribution in [1.82, 2.24) is 5.32 Å². The van der Waals surface area contributed by atoms with E-state index in [-0.39, 0.29) is 22.9 Å². The summed E-state index contributed by atoms with van der Waals surface area (Å²) in [5.41, 5.74) is 3.94. The summed E-state index contributed by atoms with van der Waals surface area (Å²) in [7, 11) is 0. The molecule has 1 aliphatic carbocycles. The minimum Gasteiger partial charge on any atom is -0.343 e. The summed E-state index contributed by atoms with van der Waals surface area (Å²) in [6.45, 7) is 0. The second-order valence-electron chi connectivity index (χ2n) is 7.00. The van der Waals surface area contributed by atoms with Crippen LogP contribution in [0.25, 0.3) is 0 Å². The largest absolute Gasteiger partial charge is 0.343 e. The number of halogens is 1. The normalized spacial score (nSPS) is 21.4. The molecule has 0 spiro atoms. The van der Waals surface area contributed by atoms with E-state index in [1.54, 1.807) is 18.2 Å². The lowest BCUT2D eigenvalue weighted by molar-refractivity contribution is -0.126. The lowest BCUT2D eigenvalue weighted by atomic mass is 10.1. The molecular formula is C21H21FN2O2S. The smallest absolute Gasteiger partial charge is 0.247 e. The van der Waals surface area contributed by atoms with Crippen LogP contribution in [0.2, 0.25) is 0 Å². The van der Waals surface area contributed by atoms with Crippen molar-refractivity contribution in [2.24, 2.45) is 0 Å². The minimum atomic E-state index is -0.576. The summed E-state index contributed by atoms with van der Waals surface area (Å²) < 4.78 is 13.8. The summed E-state index contributed by atoms with van der Waals surface area (Å²) >= 11 is 1.40. The molecule has 2 atom stereocenters. The van der Waals surface area contributed by atoms with Gasteiger partial charge in [0.25, 0.3) is 0 Å². The lowest BCUT2D eigenvalue weighted by Crippen LogP contribution is -2.52. The number of carbonyl (C=O) groups is 2. The van der Waals surface area contributed by atoms with Crippen LogP contribution < -0.4 is 10.6 Å². The highest BCUT2D eigenvalue weighted by atomic mass is 32.2. The average molecular weight is 384 g/mol. The summed E-state index contributed by atoms with van der Waals surface area (Å²) in [4.78, 5) is 24.9. The third-order valence-corrected chi connectivity index (χ3v) is 6.43. The number of nitrogens with one attached hydrogen (secondary N) is 2. The van der Waals surface area contributed by atoms with Crippen molar-refractivity contribution >= 4 is 29.3 Å². The van der Waals surface area contributed by atoms with Crippen molar-refractivity contribution in [3.05, 3.63) is 65.0 Å². The van der Waals surface area contributed by atoms with Crippen molar-refractivity contribution in [2.45, 2.75) is 37.0 Å². The maximum atomic E-state index is 13.8. The molecule has 0 aromatic heterocycles. The van der Waals surface area contributed by atoms with E-state index in [0.29, 0.717) is 17.7 Å². The third-order valence-electron chi connectivity index (χ3n) is 5.12. The van der Waals surface area contributed by atoms with Crippen LogP contribution in [-0.4, -0.2) is 28.9 Å². The zero-order chi connectivity index (χ0) is 18.8. The lowest BCUT2D eigenvalue weighted by Gasteiger charge is -2.28. The molecule has 2 aromatic rings. The van der Waals surface area contributed by atoms with E-state index in [2.05, 4.69) is 16.7 Å². The molecule has 2 amide bonds. The molecule has 2 aliphatic rings. The third kappa shape index (κ3) is 4.00. The molecule has 1 aliphatic heterocycles. The monoisotopic (exact) mass is 384 g/mol. The summed E-state index contributed by atoms with van der Waals surface area (Å²) in [6.07, 6.45) is 3.63. The predicted molar refractivity (Wildman–Crippen MR) is 105 cm³/mol. The maximum Gasteiger partial charge on any atom is 0.247 e. The second kappa shape index (κ2) is 7.72. The van der Waals surface area contributed by atoms with Crippen LogP contribution in [0.4, 0.5) is 10.1 Å². The number of rotatable bonds is 4. The Balaban J connectivity index is 1.35. The van der Waals surface area contributed by atoms with E-state index < -0.39 is 6.04 Å². The standard InChI is InChI=1S/C21H21FN2O2S/c22-17-7-2-1-4-15(17)11-19-21(26)24-18(12-27-19)20(25)23-16-9-8-13-5-3-6-14(13)10-16/h1-2,4,7-10,18-19H,3,5-6,11-12H2,(H,23,25)(H,24,26)/t18-,19-/m1/s1. The molecule has 4 nitrogen and oxygen atoms in total. The van der Waals surface area contributed by atoms with Crippen LogP contribution >= 0.6 is 11.8 Å². The highest BCUT2D eigenvalue weighted by Gasteiger charge is 2.32. The Morgan fingerprint density at radius 2 is 2.00 bits per heavy atom. The van der Waals surface area contributed by atoms with E-state index in [1.165, 1.54) is 29.0 Å². The predicted octanol–water partition coefficient (Wildman–Crippen LogP) is 3.10. The summed E-state index contributed by atoms with van der Waals surface area (Å²) in [5.74, 6) is -0.258. The number of thioether (sulfide) groups is 1. The first-order chi connectivity index (χ1) is 13.1. The van der Waals surface area contributed by atoms with E-state index in [0.717, 1.165) is 24.9 Å². The second-order valence-corrected chi connectivity index (χ2v) is 8.24. The van der Waals surface area contributed by atoms with Crippen molar-refractivity contribution in [2.75, 3.05) is 11.1 Å². The fraction of sp³-hybridized carbons (Fsp3) is 0.333. The molecular weight excluding hydrogens is 363 g/mol. The van der Waals surface area contributed by atoms with Crippen LogP contribution in [0.15, 0.2) is 42.5 Å². The number of hydrogen-bond donors (Lipinski definition) is 2. The van der Waals surface area contributed by atoms with E-state index in [4.69, 9.17) is 0 Å². The number of fused-ring (bicyclic) bond motifs is 1. The molecule has 1 saturated heterocycles. The molecule has 2 N–H and O–H groups in total. The van der Waals surface area contributed by atoms with Crippen LogP contribution in [0.1, 0.15) is 23.1 Å². The molecule has 1 fully saturated rings. The quantitative estimate of drug-likeness (QED) is 0.852. The molecule has 27 heavy (non-hydrogen) atoms. The van der Waals surface area contributed by atoms with Crippen molar-refractivity contribution in [3.8, 4) is 0 Å². The van der Waals surface area contributed by atoms with Gasteiger partial charge in [-0.3, -0.25) is 9.59 Å². The fourth-order valence-electron chi connectivity index (χ4n) is 3.63. The number of carbonyl (C=O) groups excluding carboxylic acids is 2. The first-order valence-corrected chi connectivity index (χ1v) is 10.2. The van der Waals surface area contributed by atoms with Gasteiger partial charge >= 0.3 is 0 Å². The van der Waals surface area contributed by atoms with Crippen molar-refractivity contribution in [1.29, 1.82) is 0 Å². The van der Waals surface area contributed by atoms with Gasteiger partial charge in [-0.1, -0.05) is 24.3 Å². The van der Waals surface area contributed by atoms with Gasteiger partial charge in [-0.25, -0.2) is 4.39 Å². The number of aryl methyl sites for hydroxylation is 2. The zero-order valence-electron chi connectivity index (χ0n) is 14.8. The molecule has 6 heteroatoms. The van der Waals surface area contributed by atoms with Gasteiger partial charge in [0.2, 0.25) is 11.8 Å². The van der Waals surface area contributed by atoms with Gasteiger partial charge in [-0.2, -0.15) is 0 Å². The molecule has 0 saturated carbocycles. The molecule has 0 radical (unpaired) electrons. The molecule has 1 heterocycles.